The molecule has 0 amide bonds. The van der Waals surface area contributed by atoms with E-state index in [9.17, 15) is 4.79 Å². The van der Waals surface area contributed by atoms with E-state index in [-0.39, 0.29) is 11.7 Å². The van der Waals surface area contributed by atoms with Crippen LogP contribution in [0.1, 0.15) is 17.7 Å². The van der Waals surface area contributed by atoms with E-state index in [4.69, 9.17) is 16.3 Å². The highest BCUT2D eigenvalue weighted by Crippen LogP contribution is 2.22. The van der Waals surface area contributed by atoms with E-state index in [2.05, 4.69) is 5.10 Å². The molecular formula is C11H15ClN2O2. The van der Waals surface area contributed by atoms with Gasteiger partial charge in [0, 0.05) is 31.6 Å². The summed E-state index contributed by atoms with van der Waals surface area (Å²) in [6, 6.07) is 0. The molecule has 0 N–H and O–H groups in total. The zero-order valence-electron chi connectivity index (χ0n) is 9.49. The highest BCUT2D eigenvalue weighted by atomic mass is 35.5. The molecule has 4 nitrogen and oxygen atoms in total. The van der Waals surface area contributed by atoms with Gasteiger partial charge in [-0.25, -0.2) is 0 Å². The van der Waals surface area contributed by atoms with Gasteiger partial charge in [0.25, 0.3) is 0 Å². The Balaban J connectivity index is 2.11. The zero-order chi connectivity index (χ0) is 11.7. The predicted molar refractivity (Wildman–Crippen MR) is 60.6 cm³/mol. The minimum absolute atomic E-state index is 0.0377. The molecule has 1 fully saturated rings. The van der Waals surface area contributed by atoms with Crippen molar-refractivity contribution in [3.05, 3.63) is 16.4 Å². The number of aromatic nitrogens is 2. The Morgan fingerprint density at radius 3 is 2.94 bits per heavy atom. The highest BCUT2D eigenvalue weighted by Gasteiger charge is 2.25. The molecule has 1 aromatic rings. The first-order chi connectivity index (χ1) is 7.59. The lowest BCUT2D eigenvalue weighted by Gasteiger charge is -2.05. The third-order valence-corrected chi connectivity index (χ3v) is 3.48. The van der Waals surface area contributed by atoms with Crippen LogP contribution in [0.2, 0.25) is 5.15 Å². The van der Waals surface area contributed by atoms with Gasteiger partial charge in [0.05, 0.1) is 12.3 Å². The van der Waals surface area contributed by atoms with Gasteiger partial charge in [-0.1, -0.05) is 11.6 Å². The van der Waals surface area contributed by atoms with Crippen molar-refractivity contribution < 1.29 is 9.53 Å². The molecule has 1 unspecified atom stereocenters. The lowest BCUT2D eigenvalue weighted by Crippen LogP contribution is -2.17. The molecule has 16 heavy (non-hydrogen) atoms. The van der Waals surface area contributed by atoms with Gasteiger partial charge < -0.3 is 4.74 Å². The molecule has 0 aliphatic carbocycles. The summed E-state index contributed by atoms with van der Waals surface area (Å²) in [5.74, 6) is 0.242. The molecule has 1 aliphatic heterocycles. The van der Waals surface area contributed by atoms with E-state index in [1.165, 1.54) is 0 Å². The van der Waals surface area contributed by atoms with E-state index < -0.39 is 0 Å². The second-order valence-electron chi connectivity index (χ2n) is 4.18. The Kier molecular flexibility index (Phi) is 3.30. The van der Waals surface area contributed by atoms with Crippen LogP contribution < -0.4 is 0 Å². The van der Waals surface area contributed by atoms with Crippen LogP contribution in [0, 0.1) is 12.8 Å². The summed E-state index contributed by atoms with van der Waals surface area (Å²) in [5.41, 5.74) is 1.68. The number of carbonyl (C=O) groups is 1. The first kappa shape index (κ1) is 11.6. The molecule has 2 heterocycles. The Morgan fingerprint density at radius 2 is 2.44 bits per heavy atom. The van der Waals surface area contributed by atoms with Crippen LogP contribution in [-0.4, -0.2) is 28.8 Å². The van der Waals surface area contributed by atoms with Crippen molar-refractivity contribution in [1.82, 2.24) is 9.78 Å². The van der Waals surface area contributed by atoms with Crippen LogP contribution in [0.25, 0.3) is 0 Å². The number of hydrogen-bond acceptors (Lipinski definition) is 3. The average molecular weight is 243 g/mol. The monoisotopic (exact) mass is 242 g/mol. The summed E-state index contributed by atoms with van der Waals surface area (Å²) in [5, 5.41) is 4.75. The van der Waals surface area contributed by atoms with Crippen molar-refractivity contribution >= 4 is 17.4 Å². The third-order valence-electron chi connectivity index (χ3n) is 3.01. The minimum Gasteiger partial charge on any atom is -0.381 e. The number of aryl methyl sites for hydroxylation is 2. The van der Waals surface area contributed by atoms with Crippen molar-refractivity contribution in [2.75, 3.05) is 13.2 Å². The molecule has 0 spiro atoms. The summed E-state index contributed by atoms with van der Waals surface area (Å²) in [7, 11) is 1.78. The van der Waals surface area contributed by atoms with Crippen LogP contribution in [0.15, 0.2) is 0 Å². The standard InChI is InChI=1S/C11H15ClN2O2/c1-7-9(11(12)14(2)13-7)5-10(15)8-3-4-16-6-8/h8H,3-6H2,1-2H3. The number of Topliss-reactive ketones (excluding diaryl/α,β-unsaturated/α-hetero) is 1. The van der Waals surface area contributed by atoms with Crippen LogP contribution >= 0.6 is 11.6 Å². The Bertz CT molecular complexity index is 408. The quantitative estimate of drug-likeness (QED) is 0.808. The molecule has 1 saturated heterocycles. The largest absolute Gasteiger partial charge is 0.381 e. The Hall–Kier alpha value is -0.870. The van der Waals surface area contributed by atoms with Crippen LogP contribution in [-0.2, 0) is 23.0 Å². The van der Waals surface area contributed by atoms with Gasteiger partial charge in [-0.2, -0.15) is 5.10 Å². The van der Waals surface area contributed by atoms with Crippen LogP contribution in [0.3, 0.4) is 0 Å². The molecule has 5 heteroatoms. The lowest BCUT2D eigenvalue weighted by molar-refractivity contribution is -0.122. The molecule has 1 aromatic heterocycles. The normalized spacial score (nSPS) is 20.3. The second-order valence-corrected chi connectivity index (χ2v) is 4.54. The summed E-state index contributed by atoms with van der Waals surface area (Å²) >= 11 is 6.08. The van der Waals surface area contributed by atoms with E-state index in [1.807, 2.05) is 6.92 Å². The molecule has 0 bridgehead atoms. The number of ketones is 1. The fraction of sp³-hybridized carbons (Fsp3) is 0.636. The van der Waals surface area contributed by atoms with Crippen LogP contribution in [0.5, 0.6) is 0 Å². The number of carbonyl (C=O) groups excluding carboxylic acids is 1. The van der Waals surface area contributed by atoms with Crippen molar-refractivity contribution in [2.24, 2.45) is 13.0 Å². The van der Waals surface area contributed by atoms with Gasteiger partial charge in [0.15, 0.2) is 0 Å². The van der Waals surface area contributed by atoms with Crippen molar-refractivity contribution in [3.8, 4) is 0 Å². The highest BCUT2D eigenvalue weighted by molar-refractivity contribution is 6.30. The predicted octanol–water partition coefficient (Wildman–Crippen LogP) is 1.53. The van der Waals surface area contributed by atoms with Crippen molar-refractivity contribution in [1.29, 1.82) is 0 Å². The molecule has 1 atom stereocenters. The minimum atomic E-state index is 0.0377. The van der Waals surface area contributed by atoms with Gasteiger partial charge in [0.2, 0.25) is 0 Å². The third kappa shape index (κ3) is 2.13. The molecule has 0 radical (unpaired) electrons. The number of nitrogens with zero attached hydrogens (tertiary/aromatic N) is 2. The lowest BCUT2D eigenvalue weighted by atomic mass is 9.98. The molecular weight excluding hydrogens is 228 g/mol. The SMILES string of the molecule is Cc1nn(C)c(Cl)c1CC(=O)C1CCOC1. The maximum Gasteiger partial charge on any atom is 0.142 e. The topological polar surface area (TPSA) is 44.1 Å². The van der Waals surface area contributed by atoms with Gasteiger partial charge >= 0.3 is 0 Å². The van der Waals surface area contributed by atoms with Crippen molar-refractivity contribution in [2.45, 2.75) is 19.8 Å². The second kappa shape index (κ2) is 4.55. The van der Waals surface area contributed by atoms with Crippen molar-refractivity contribution in [3.63, 3.8) is 0 Å². The first-order valence-corrected chi connectivity index (χ1v) is 5.76. The molecule has 0 saturated carbocycles. The maximum atomic E-state index is 12.0. The Morgan fingerprint density at radius 1 is 1.69 bits per heavy atom. The number of hydrogen-bond donors (Lipinski definition) is 0. The fourth-order valence-corrected chi connectivity index (χ4v) is 2.22. The smallest absolute Gasteiger partial charge is 0.142 e. The van der Waals surface area contributed by atoms with Gasteiger partial charge in [-0.3, -0.25) is 9.48 Å². The molecule has 1 aliphatic rings. The summed E-state index contributed by atoms with van der Waals surface area (Å²) < 4.78 is 6.81. The number of halogens is 1. The van der Waals surface area contributed by atoms with E-state index in [0.717, 1.165) is 17.7 Å². The van der Waals surface area contributed by atoms with Gasteiger partial charge in [-0.05, 0) is 13.3 Å². The number of ether oxygens (including phenoxy) is 1. The average Bonchev–Trinajstić information content (AvgIpc) is 2.83. The van der Waals surface area contributed by atoms with Crippen LogP contribution in [0.4, 0.5) is 0 Å². The molecule has 0 aromatic carbocycles. The van der Waals surface area contributed by atoms with E-state index in [1.54, 1.807) is 11.7 Å². The fourth-order valence-electron chi connectivity index (χ4n) is 1.98. The maximum absolute atomic E-state index is 12.0. The summed E-state index contributed by atoms with van der Waals surface area (Å²) in [4.78, 5) is 12.0. The Labute approximate surface area is 99.5 Å². The van der Waals surface area contributed by atoms with Gasteiger partial charge in [0.1, 0.15) is 10.9 Å². The summed E-state index contributed by atoms with van der Waals surface area (Å²) in [6.07, 6.45) is 1.20. The molecule has 88 valence electrons. The first-order valence-electron chi connectivity index (χ1n) is 5.38. The van der Waals surface area contributed by atoms with E-state index >= 15 is 0 Å². The number of rotatable bonds is 3. The zero-order valence-corrected chi connectivity index (χ0v) is 10.3. The molecule has 2 rings (SSSR count). The summed E-state index contributed by atoms with van der Waals surface area (Å²) in [6.45, 7) is 3.12. The van der Waals surface area contributed by atoms with Gasteiger partial charge in [-0.15, -0.1) is 0 Å². The van der Waals surface area contributed by atoms with E-state index in [0.29, 0.717) is 24.8 Å².